The highest BCUT2D eigenvalue weighted by atomic mass is 32.2. The molecule has 0 saturated carbocycles. The fourth-order valence-electron chi connectivity index (χ4n) is 2.41. The smallest absolute Gasteiger partial charge is 0.414 e. The van der Waals surface area contributed by atoms with E-state index in [0.29, 0.717) is 27.7 Å². The van der Waals surface area contributed by atoms with Gasteiger partial charge in [0.2, 0.25) is 0 Å². The number of pyridine rings is 1. The fourth-order valence-corrected chi connectivity index (χ4v) is 2.79. The fraction of sp³-hybridized carbons (Fsp3) is 0.118. The molecule has 0 aliphatic heterocycles. The third-order valence-electron chi connectivity index (χ3n) is 3.37. The van der Waals surface area contributed by atoms with Crippen molar-refractivity contribution in [1.29, 1.82) is 0 Å². The summed E-state index contributed by atoms with van der Waals surface area (Å²) in [4.78, 5) is 4.30. The van der Waals surface area contributed by atoms with Crippen molar-refractivity contribution in [3.8, 4) is 16.9 Å². The van der Waals surface area contributed by atoms with Crippen molar-refractivity contribution in [2.45, 2.75) is 12.4 Å². The van der Waals surface area contributed by atoms with Crippen LogP contribution in [0.25, 0.3) is 22.0 Å². The van der Waals surface area contributed by atoms with Crippen LogP contribution in [-0.4, -0.2) is 10.5 Å². The highest BCUT2D eigenvalue weighted by molar-refractivity contribution is 7.95. The van der Waals surface area contributed by atoms with Crippen LogP contribution in [0.15, 0.2) is 48.5 Å². The monoisotopic (exact) mass is 353 g/mol. The molecule has 2 nitrogen and oxygen atoms in total. The number of halogens is 4. The molecule has 0 aliphatic rings. The molecule has 0 spiro atoms. The van der Waals surface area contributed by atoms with E-state index in [-0.39, 0.29) is 5.75 Å². The Morgan fingerprint density at radius 2 is 1.67 bits per heavy atom. The summed E-state index contributed by atoms with van der Waals surface area (Å²) in [5, 5.41) is 0.632. The molecule has 0 radical (unpaired) electrons. The SMILES string of the molecule is Cc1nc2ccccc2c(-c2ccc(F)cc2)c1OSC(F)(F)F. The number of rotatable bonds is 3. The number of hydrogen-bond donors (Lipinski definition) is 0. The largest absolute Gasteiger partial charge is 0.479 e. The first-order valence-electron chi connectivity index (χ1n) is 6.93. The first-order chi connectivity index (χ1) is 11.3. The van der Waals surface area contributed by atoms with E-state index in [9.17, 15) is 17.6 Å². The highest BCUT2D eigenvalue weighted by Crippen LogP contribution is 2.42. The lowest BCUT2D eigenvalue weighted by Gasteiger charge is -2.16. The van der Waals surface area contributed by atoms with Crippen molar-refractivity contribution in [1.82, 2.24) is 4.98 Å². The molecule has 24 heavy (non-hydrogen) atoms. The predicted molar refractivity (Wildman–Crippen MR) is 86.1 cm³/mol. The van der Waals surface area contributed by atoms with Gasteiger partial charge in [-0.1, -0.05) is 30.3 Å². The lowest BCUT2D eigenvalue weighted by molar-refractivity contribution is -0.0369. The van der Waals surface area contributed by atoms with Crippen molar-refractivity contribution in [3.05, 3.63) is 60.0 Å². The summed E-state index contributed by atoms with van der Waals surface area (Å²) in [5.74, 6) is -0.413. The Kier molecular flexibility index (Phi) is 4.36. The Morgan fingerprint density at radius 1 is 1.00 bits per heavy atom. The van der Waals surface area contributed by atoms with Gasteiger partial charge in [0.05, 0.1) is 11.2 Å². The number of hydrogen-bond acceptors (Lipinski definition) is 3. The van der Waals surface area contributed by atoms with Crippen LogP contribution < -0.4 is 4.18 Å². The van der Waals surface area contributed by atoms with Gasteiger partial charge in [-0.3, -0.25) is 0 Å². The number of aromatic nitrogens is 1. The van der Waals surface area contributed by atoms with E-state index in [1.165, 1.54) is 24.3 Å². The molecule has 0 unspecified atom stereocenters. The summed E-state index contributed by atoms with van der Waals surface area (Å²) >= 11 is -0.593. The molecule has 0 fully saturated rings. The number of aryl methyl sites for hydroxylation is 1. The van der Waals surface area contributed by atoms with Gasteiger partial charge in [0.15, 0.2) is 17.8 Å². The summed E-state index contributed by atoms with van der Waals surface area (Å²) in [6.45, 7) is 1.58. The summed E-state index contributed by atoms with van der Waals surface area (Å²) in [6.07, 6.45) is 0. The average Bonchev–Trinajstić information content (AvgIpc) is 2.52. The Labute approximate surface area is 139 Å². The Hall–Kier alpha value is -2.28. The first kappa shape index (κ1) is 16.6. The van der Waals surface area contributed by atoms with Crippen LogP contribution in [0.3, 0.4) is 0 Å². The zero-order chi connectivity index (χ0) is 17.3. The van der Waals surface area contributed by atoms with Crippen molar-refractivity contribution in [2.75, 3.05) is 0 Å². The lowest BCUT2D eigenvalue weighted by atomic mass is 9.99. The predicted octanol–water partition coefficient (Wildman–Crippen LogP) is 5.90. The van der Waals surface area contributed by atoms with E-state index in [1.54, 1.807) is 31.2 Å². The molecule has 1 heterocycles. The normalized spacial score (nSPS) is 11.7. The zero-order valence-electron chi connectivity index (χ0n) is 12.4. The molecule has 0 aliphatic carbocycles. The van der Waals surface area contributed by atoms with Gasteiger partial charge in [-0.15, -0.1) is 0 Å². The van der Waals surface area contributed by atoms with Crippen molar-refractivity contribution >= 4 is 22.9 Å². The van der Waals surface area contributed by atoms with E-state index >= 15 is 0 Å². The maximum Gasteiger partial charge on any atom is 0.479 e. The van der Waals surface area contributed by atoms with Gasteiger partial charge in [0, 0.05) is 10.9 Å². The topological polar surface area (TPSA) is 22.1 Å². The van der Waals surface area contributed by atoms with Gasteiger partial charge in [-0.25, -0.2) is 9.37 Å². The van der Waals surface area contributed by atoms with E-state index in [2.05, 4.69) is 4.98 Å². The van der Waals surface area contributed by atoms with Crippen LogP contribution >= 0.6 is 12.0 Å². The van der Waals surface area contributed by atoms with Crippen LogP contribution in [0.1, 0.15) is 5.69 Å². The van der Waals surface area contributed by atoms with Crippen LogP contribution in [0.4, 0.5) is 17.6 Å². The molecule has 3 rings (SSSR count). The minimum absolute atomic E-state index is 0.0163. The number of nitrogens with zero attached hydrogens (tertiary/aromatic N) is 1. The molecular weight excluding hydrogens is 342 g/mol. The van der Waals surface area contributed by atoms with E-state index in [0.717, 1.165) is 0 Å². The summed E-state index contributed by atoms with van der Waals surface area (Å²) in [6, 6.07) is 12.5. The summed E-state index contributed by atoms with van der Waals surface area (Å²) < 4.78 is 55.8. The van der Waals surface area contributed by atoms with Crippen LogP contribution in [0.5, 0.6) is 5.75 Å². The van der Waals surface area contributed by atoms with E-state index in [4.69, 9.17) is 4.18 Å². The van der Waals surface area contributed by atoms with Crippen LogP contribution in [0.2, 0.25) is 0 Å². The number of alkyl halides is 3. The molecule has 0 N–H and O–H groups in total. The first-order valence-corrected chi connectivity index (χ1v) is 7.67. The maximum atomic E-state index is 13.2. The number of benzene rings is 2. The third kappa shape index (κ3) is 3.46. The zero-order valence-corrected chi connectivity index (χ0v) is 13.2. The Morgan fingerprint density at radius 3 is 2.33 bits per heavy atom. The molecule has 0 amide bonds. The molecule has 7 heteroatoms. The molecular formula is C17H11F4NOS. The van der Waals surface area contributed by atoms with Gasteiger partial charge in [0.25, 0.3) is 0 Å². The minimum atomic E-state index is -4.54. The number of para-hydroxylation sites is 1. The standard InChI is InChI=1S/C17H11F4NOS/c1-10-16(23-24-17(19,20)21)15(11-6-8-12(18)9-7-11)13-4-2-3-5-14(13)22-10/h2-9H,1H3. The van der Waals surface area contributed by atoms with E-state index in [1.807, 2.05) is 0 Å². The van der Waals surface area contributed by atoms with Gasteiger partial charge in [-0.05, 0) is 30.7 Å². The maximum absolute atomic E-state index is 13.2. The van der Waals surface area contributed by atoms with Crippen molar-refractivity contribution < 1.29 is 21.7 Å². The molecule has 124 valence electrons. The van der Waals surface area contributed by atoms with Gasteiger partial charge in [-0.2, -0.15) is 13.2 Å². The molecule has 2 aromatic carbocycles. The molecule has 0 atom stereocenters. The third-order valence-corrected chi connectivity index (χ3v) is 3.81. The average molecular weight is 353 g/mol. The minimum Gasteiger partial charge on any atom is -0.414 e. The van der Waals surface area contributed by atoms with Crippen LogP contribution in [0, 0.1) is 12.7 Å². The second-order valence-electron chi connectivity index (χ2n) is 5.04. The van der Waals surface area contributed by atoms with Crippen LogP contribution in [-0.2, 0) is 0 Å². The second kappa shape index (κ2) is 6.32. The van der Waals surface area contributed by atoms with E-state index < -0.39 is 23.4 Å². The lowest BCUT2D eigenvalue weighted by Crippen LogP contribution is -2.05. The number of fused-ring (bicyclic) bond motifs is 1. The molecule has 3 aromatic rings. The Bertz CT molecular complexity index is 878. The summed E-state index contributed by atoms with van der Waals surface area (Å²) in [5.41, 5.74) is -2.59. The van der Waals surface area contributed by atoms with Crippen molar-refractivity contribution in [2.24, 2.45) is 0 Å². The second-order valence-corrected chi connectivity index (χ2v) is 5.83. The molecule has 1 aromatic heterocycles. The Balaban J connectivity index is 2.23. The summed E-state index contributed by atoms with van der Waals surface area (Å²) in [7, 11) is 0. The van der Waals surface area contributed by atoms with Gasteiger partial charge < -0.3 is 4.18 Å². The molecule has 0 saturated heterocycles. The quantitative estimate of drug-likeness (QED) is 0.433. The van der Waals surface area contributed by atoms with Gasteiger partial charge >= 0.3 is 5.51 Å². The van der Waals surface area contributed by atoms with Crippen molar-refractivity contribution in [3.63, 3.8) is 0 Å². The molecule has 0 bridgehead atoms. The highest BCUT2D eigenvalue weighted by Gasteiger charge is 2.32. The van der Waals surface area contributed by atoms with Gasteiger partial charge in [0.1, 0.15) is 5.82 Å².